The van der Waals surface area contributed by atoms with E-state index in [0.717, 1.165) is 26.2 Å². The maximum absolute atomic E-state index is 6.15. The zero-order valence-electron chi connectivity index (χ0n) is 10.6. The summed E-state index contributed by atoms with van der Waals surface area (Å²) in [6, 6.07) is 0.980. The normalized spacial score (nSPS) is 38.8. The fourth-order valence-electron chi connectivity index (χ4n) is 2.75. The lowest BCUT2D eigenvalue weighted by Gasteiger charge is -2.41. The van der Waals surface area contributed by atoms with Gasteiger partial charge in [-0.1, -0.05) is 0 Å². The summed E-state index contributed by atoms with van der Waals surface area (Å²) in [6.07, 6.45) is 1.02. The fourth-order valence-corrected chi connectivity index (χ4v) is 2.75. The number of likely N-dealkylation sites (N-methyl/N-ethyl adjacent to an activating group) is 1. The van der Waals surface area contributed by atoms with Gasteiger partial charge in [0.25, 0.3) is 0 Å². The van der Waals surface area contributed by atoms with Crippen LogP contribution in [0.4, 0.5) is 0 Å². The van der Waals surface area contributed by atoms with Crippen molar-refractivity contribution in [3.8, 4) is 0 Å². The molecule has 3 unspecified atom stereocenters. The lowest BCUT2D eigenvalue weighted by Crippen LogP contribution is -2.54. The zero-order chi connectivity index (χ0) is 11.5. The van der Waals surface area contributed by atoms with Gasteiger partial charge in [0.1, 0.15) is 0 Å². The summed E-state index contributed by atoms with van der Waals surface area (Å²) in [4.78, 5) is 4.97. The third-order valence-corrected chi connectivity index (χ3v) is 3.97. The number of hydrogen-bond donors (Lipinski definition) is 1. The Bertz CT molecular complexity index is 224. The van der Waals surface area contributed by atoms with Crippen molar-refractivity contribution in [2.45, 2.75) is 25.4 Å². The number of nitrogens with zero attached hydrogens (tertiary/aromatic N) is 2. The average Bonchev–Trinajstić information content (AvgIpc) is 2.25. The highest BCUT2D eigenvalue weighted by Gasteiger charge is 2.28. The molecule has 0 aliphatic carbocycles. The third kappa shape index (κ3) is 2.94. The summed E-state index contributed by atoms with van der Waals surface area (Å²) in [6.45, 7) is 8.62. The first-order valence-electron chi connectivity index (χ1n) is 6.42. The highest BCUT2D eigenvalue weighted by molar-refractivity contribution is 4.84. The molecule has 0 radical (unpaired) electrons. The Morgan fingerprint density at radius 2 is 2.19 bits per heavy atom. The smallest absolute Gasteiger partial charge is 0.0521 e. The van der Waals surface area contributed by atoms with Gasteiger partial charge in [-0.15, -0.1) is 0 Å². The van der Waals surface area contributed by atoms with Gasteiger partial charge >= 0.3 is 0 Å². The van der Waals surface area contributed by atoms with Crippen molar-refractivity contribution in [2.24, 2.45) is 11.7 Å². The highest BCUT2D eigenvalue weighted by atomic mass is 16.5. The molecule has 2 aliphatic heterocycles. The zero-order valence-corrected chi connectivity index (χ0v) is 10.6. The molecule has 2 fully saturated rings. The van der Waals surface area contributed by atoms with Crippen LogP contribution in [0.1, 0.15) is 13.3 Å². The molecule has 2 N–H and O–H groups in total. The third-order valence-electron chi connectivity index (χ3n) is 3.97. The average molecular weight is 227 g/mol. The number of piperazine rings is 1. The van der Waals surface area contributed by atoms with Gasteiger partial charge in [-0.25, -0.2) is 0 Å². The predicted molar refractivity (Wildman–Crippen MR) is 65.4 cm³/mol. The summed E-state index contributed by atoms with van der Waals surface area (Å²) < 4.78 is 5.53. The van der Waals surface area contributed by atoms with E-state index < -0.39 is 0 Å². The predicted octanol–water partition coefficient (Wildman–Crippen LogP) is -0.0139. The Kier molecular flexibility index (Phi) is 4.19. The van der Waals surface area contributed by atoms with E-state index in [0.29, 0.717) is 18.0 Å². The van der Waals surface area contributed by atoms with Gasteiger partial charge in [0.15, 0.2) is 0 Å². The second-order valence-electron chi connectivity index (χ2n) is 5.39. The Balaban J connectivity index is 1.83. The van der Waals surface area contributed by atoms with Gasteiger partial charge in [0.05, 0.1) is 6.61 Å². The van der Waals surface area contributed by atoms with Crippen molar-refractivity contribution < 1.29 is 4.74 Å². The molecule has 0 aromatic rings. The van der Waals surface area contributed by atoms with E-state index >= 15 is 0 Å². The quantitative estimate of drug-likeness (QED) is 0.720. The molecule has 2 heterocycles. The molecule has 0 bridgehead atoms. The van der Waals surface area contributed by atoms with E-state index in [-0.39, 0.29) is 0 Å². The molecule has 94 valence electrons. The first-order valence-corrected chi connectivity index (χ1v) is 6.42. The molecule has 0 spiro atoms. The van der Waals surface area contributed by atoms with Crippen LogP contribution in [0.25, 0.3) is 0 Å². The van der Waals surface area contributed by atoms with Crippen molar-refractivity contribution in [3.05, 3.63) is 0 Å². The van der Waals surface area contributed by atoms with Crippen LogP contribution in [0.3, 0.4) is 0 Å². The topological polar surface area (TPSA) is 41.7 Å². The van der Waals surface area contributed by atoms with Crippen LogP contribution in [-0.2, 0) is 4.74 Å². The Labute approximate surface area is 98.7 Å². The van der Waals surface area contributed by atoms with E-state index in [2.05, 4.69) is 23.8 Å². The number of nitrogens with two attached hydrogens (primary N) is 1. The van der Waals surface area contributed by atoms with Crippen molar-refractivity contribution in [2.75, 3.05) is 46.4 Å². The molecule has 0 aromatic carbocycles. The lowest BCUT2D eigenvalue weighted by atomic mass is 9.95. The van der Waals surface area contributed by atoms with Gasteiger partial charge in [-0.2, -0.15) is 0 Å². The molecule has 4 nitrogen and oxygen atoms in total. The van der Waals surface area contributed by atoms with Gasteiger partial charge < -0.3 is 15.4 Å². The molecule has 0 aromatic heterocycles. The summed E-state index contributed by atoms with van der Waals surface area (Å²) >= 11 is 0. The molecule has 16 heavy (non-hydrogen) atoms. The minimum absolute atomic E-state index is 0.334. The van der Waals surface area contributed by atoms with Crippen molar-refractivity contribution in [1.29, 1.82) is 0 Å². The van der Waals surface area contributed by atoms with Crippen LogP contribution >= 0.6 is 0 Å². The summed E-state index contributed by atoms with van der Waals surface area (Å²) in [5, 5.41) is 0. The second kappa shape index (κ2) is 5.45. The standard InChI is InChI=1S/C12H25N3O/c1-10-7-14(2)4-5-15(10)8-11-9-16-6-3-12(11)13/h10-12H,3-9,13H2,1-2H3. The Hall–Kier alpha value is -0.160. The van der Waals surface area contributed by atoms with Crippen LogP contribution in [0.5, 0.6) is 0 Å². The first kappa shape index (κ1) is 12.3. The van der Waals surface area contributed by atoms with Gasteiger partial charge in [0, 0.05) is 50.8 Å². The molecule has 0 amide bonds. The molecule has 4 heteroatoms. The van der Waals surface area contributed by atoms with E-state index in [4.69, 9.17) is 10.5 Å². The fraction of sp³-hybridized carbons (Fsp3) is 1.00. The van der Waals surface area contributed by atoms with E-state index in [1.54, 1.807) is 0 Å². The van der Waals surface area contributed by atoms with E-state index in [9.17, 15) is 0 Å². The summed E-state index contributed by atoms with van der Waals surface area (Å²) in [5.74, 6) is 0.527. The number of hydrogen-bond acceptors (Lipinski definition) is 4. The molecular weight excluding hydrogens is 202 g/mol. The molecule has 3 atom stereocenters. The molecular formula is C12H25N3O. The molecule has 2 aliphatic rings. The minimum Gasteiger partial charge on any atom is -0.381 e. The number of ether oxygens (including phenoxy) is 1. The van der Waals surface area contributed by atoms with Crippen molar-refractivity contribution >= 4 is 0 Å². The van der Waals surface area contributed by atoms with Gasteiger partial charge in [0.2, 0.25) is 0 Å². The Morgan fingerprint density at radius 1 is 1.38 bits per heavy atom. The minimum atomic E-state index is 0.334. The van der Waals surface area contributed by atoms with E-state index in [1.807, 2.05) is 0 Å². The molecule has 0 saturated carbocycles. The van der Waals surface area contributed by atoms with Gasteiger partial charge in [-0.3, -0.25) is 4.90 Å². The van der Waals surface area contributed by atoms with Crippen LogP contribution in [-0.4, -0.2) is 68.3 Å². The van der Waals surface area contributed by atoms with Crippen LogP contribution in [0, 0.1) is 5.92 Å². The highest BCUT2D eigenvalue weighted by Crippen LogP contribution is 2.17. The van der Waals surface area contributed by atoms with Crippen molar-refractivity contribution in [1.82, 2.24) is 9.80 Å². The molecule has 2 saturated heterocycles. The van der Waals surface area contributed by atoms with Crippen LogP contribution < -0.4 is 5.73 Å². The van der Waals surface area contributed by atoms with E-state index in [1.165, 1.54) is 19.6 Å². The first-order chi connectivity index (χ1) is 7.66. The SMILES string of the molecule is CC1CN(C)CCN1CC1COCCC1N. The van der Waals surface area contributed by atoms with Gasteiger partial charge in [-0.05, 0) is 20.4 Å². The summed E-state index contributed by atoms with van der Waals surface area (Å²) in [5.41, 5.74) is 6.15. The molecule has 2 rings (SSSR count). The van der Waals surface area contributed by atoms with Crippen LogP contribution in [0.15, 0.2) is 0 Å². The Morgan fingerprint density at radius 3 is 2.88 bits per heavy atom. The largest absolute Gasteiger partial charge is 0.381 e. The maximum Gasteiger partial charge on any atom is 0.0521 e. The summed E-state index contributed by atoms with van der Waals surface area (Å²) in [7, 11) is 2.20. The van der Waals surface area contributed by atoms with Crippen molar-refractivity contribution in [3.63, 3.8) is 0 Å². The van der Waals surface area contributed by atoms with Crippen LogP contribution in [0.2, 0.25) is 0 Å². The lowest BCUT2D eigenvalue weighted by molar-refractivity contribution is 0.00748. The second-order valence-corrected chi connectivity index (χ2v) is 5.39. The monoisotopic (exact) mass is 227 g/mol. The number of rotatable bonds is 2. The maximum atomic E-state index is 6.15.